The van der Waals surface area contributed by atoms with Crippen LogP contribution in [0.25, 0.3) is 11.0 Å². The first-order valence-corrected chi connectivity index (χ1v) is 8.36. The van der Waals surface area contributed by atoms with Crippen molar-refractivity contribution in [3.8, 4) is 0 Å². The summed E-state index contributed by atoms with van der Waals surface area (Å²) in [5.41, 5.74) is 1.22. The number of amides is 1. The predicted molar refractivity (Wildman–Crippen MR) is 90.5 cm³/mol. The van der Waals surface area contributed by atoms with Crippen molar-refractivity contribution < 1.29 is 18.0 Å². The van der Waals surface area contributed by atoms with Crippen molar-refractivity contribution in [1.29, 1.82) is 0 Å². The zero-order valence-corrected chi connectivity index (χ0v) is 13.8. The number of alkyl halides is 3. The summed E-state index contributed by atoms with van der Waals surface area (Å²) in [4.78, 5) is 22.3. The topological polar surface area (TPSA) is 49.0 Å². The van der Waals surface area contributed by atoms with Crippen molar-refractivity contribution in [2.24, 2.45) is 0 Å². The summed E-state index contributed by atoms with van der Waals surface area (Å²) in [5.74, 6) is 0.436. The minimum absolute atomic E-state index is 0.197. The Balaban J connectivity index is 1.60. The first-order chi connectivity index (χ1) is 12.4. The first kappa shape index (κ1) is 16.6. The Hall–Kier alpha value is -2.83. The van der Waals surface area contributed by atoms with Crippen molar-refractivity contribution in [2.45, 2.75) is 25.1 Å². The average Bonchev–Trinajstić information content (AvgIpc) is 3.26. The highest BCUT2D eigenvalue weighted by molar-refractivity contribution is 5.94. The van der Waals surface area contributed by atoms with Crippen molar-refractivity contribution in [2.75, 3.05) is 6.54 Å². The maximum atomic E-state index is 12.8. The van der Waals surface area contributed by atoms with Crippen molar-refractivity contribution in [3.63, 3.8) is 0 Å². The zero-order chi connectivity index (χ0) is 18.3. The lowest BCUT2D eigenvalue weighted by Gasteiger charge is -2.23. The number of aromatic amines is 1. The van der Waals surface area contributed by atoms with Gasteiger partial charge in [0.25, 0.3) is 5.91 Å². The molecule has 1 aromatic heterocycles. The van der Waals surface area contributed by atoms with Gasteiger partial charge in [-0.1, -0.05) is 12.1 Å². The molecule has 1 fully saturated rings. The van der Waals surface area contributed by atoms with Crippen LogP contribution < -0.4 is 0 Å². The summed E-state index contributed by atoms with van der Waals surface area (Å²) < 4.78 is 38.1. The van der Waals surface area contributed by atoms with Crippen LogP contribution >= 0.6 is 0 Å². The number of carbonyl (C=O) groups excluding carboxylic acids is 1. The second kappa shape index (κ2) is 6.16. The second-order valence-corrected chi connectivity index (χ2v) is 6.37. The number of halogens is 3. The molecular formula is C19H16F3N3O. The molecule has 4 nitrogen and oxygen atoms in total. The van der Waals surface area contributed by atoms with Gasteiger partial charge in [-0.25, -0.2) is 4.98 Å². The van der Waals surface area contributed by atoms with Crippen LogP contribution in [0.2, 0.25) is 0 Å². The van der Waals surface area contributed by atoms with E-state index in [2.05, 4.69) is 9.97 Å². The Morgan fingerprint density at radius 1 is 1.12 bits per heavy atom. The lowest BCUT2D eigenvalue weighted by atomic mass is 10.1. The van der Waals surface area contributed by atoms with Crippen LogP contribution in [0.4, 0.5) is 13.2 Å². The van der Waals surface area contributed by atoms with E-state index < -0.39 is 11.7 Å². The lowest BCUT2D eigenvalue weighted by molar-refractivity contribution is -0.137. The normalized spacial score (nSPS) is 17.8. The Morgan fingerprint density at radius 3 is 2.54 bits per heavy atom. The number of fused-ring (bicyclic) bond motifs is 1. The number of carbonyl (C=O) groups is 1. The van der Waals surface area contributed by atoms with Crippen LogP contribution in [0.5, 0.6) is 0 Å². The van der Waals surface area contributed by atoms with Crippen LogP contribution in [-0.2, 0) is 6.18 Å². The summed E-state index contributed by atoms with van der Waals surface area (Å²) in [6.07, 6.45) is -2.81. The molecule has 26 heavy (non-hydrogen) atoms. The Kier molecular flexibility index (Phi) is 3.94. The molecule has 0 saturated carbocycles. The van der Waals surface area contributed by atoms with E-state index >= 15 is 0 Å². The van der Waals surface area contributed by atoms with Crippen molar-refractivity contribution in [3.05, 3.63) is 65.5 Å². The number of nitrogens with one attached hydrogen (secondary N) is 1. The standard InChI is InChI=1S/C19H16F3N3O/c20-19(21,22)13-9-7-12(8-10-13)18(26)25-11-3-6-16(25)17-23-14-4-1-2-5-15(14)24-17/h1-2,4-5,7-10,16H,3,6,11H2,(H,23,24)/t16-/m0/s1. The third-order valence-corrected chi connectivity index (χ3v) is 4.70. The fraction of sp³-hybridized carbons (Fsp3) is 0.263. The number of benzene rings is 2. The fourth-order valence-corrected chi connectivity index (χ4v) is 3.39. The molecule has 4 rings (SSSR count). The molecule has 7 heteroatoms. The molecule has 0 bridgehead atoms. The van der Waals surface area contributed by atoms with Gasteiger partial charge in [-0.2, -0.15) is 13.2 Å². The lowest BCUT2D eigenvalue weighted by Crippen LogP contribution is -2.31. The highest BCUT2D eigenvalue weighted by Crippen LogP contribution is 2.33. The van der Waals surface area contributed by atoms with Gasteiger partial charge in [0.1, 0.15) is 5.82 Å². The summed E-state index contributed by atoms with van der Waals surface area (Å²) >= 11 is 0. The largest absolute Gasteiger partial charge is 0.416 e. The molecule has 1 aliphatic heterocycles. The average molecular weight is 359 g/mol. The maximum Gasteiger partial charge on any atom is 0.416 e. The molecule has 1 aliphatic rings. The van der Waals surface area contributed by atoms with Crippen LogP contribution in [0.1, 0.15) is 40.6 Å². The molecule has 1 amide bonds. The highest BCUT2D eigenvalue weighted by Gasteiger charge is 2.34. The molecule has 0 unspecified atom stereocenters. The molecule has 0 aliphatic carbocycles. The number of aromatic nitrogens is 2. The monoisotopic (exact) mass is 359 g/mol. The highest BCUT2D eigenvalue weighted by atomic mass is 19.4. The smallest absolute Gasteiger partial charge is 0.340 e. The van der Waals surface area contributed by atoms with Gasteiger partial charge in [0.2, 0.25) is 0 Å². The summed E-state index contributed by atoms with van der Waals surface area (Å²) in [6, 6.07) is 11.8. The molecule has 0 radical (unpaired) electrons. The third-order valence-electron chi connectivity index (χ3n) is 4.70. The van der Waals surface area contributed by atoms with Gasteiger partial charge >= 0.3 is 6.18 Å². The van der Waals surface area contributed by atoms with E-state index in [1.54, 1.807) is 4.90 Å². The summed E-state index contributed by atoms with van der Waals surface area (Å²) in [6.45, 7) is 0.557. The van der Waals surface area contributed by atoms with Crippen LogP contribution in [0, 0.1) is 0 Å². The van der Waals surface area contributed by atoms with E-state index in [0.29, 0.717) is 12.4 Å². The number of likely N-dealkylation sites (tertiary alicyclic amines) is 1. The van der Waals surface area contributed by atoms with Gasteiger partial charge in [-0.3, -0.25) is 4.79 Å². The maximum absolute atomic E-state index is 12.8. The van der Waals surface area contributed by atoms with E-state index in [-0.39, 0.29) is 17.5 Å². The molecule has 2 heterocycles. The van der Waals surface area contributed by atoms with E-state index in [9.17, 15) is 18.0 Å². The number of H-pyrrole nitrogens is 1. The minimum atomic E-state index is -4.41. The SMILES string of the molecule is O=C(c1ccc(C(F)(F)F)cc1)N1CCC[C@H]1c1nc2ccccc2[nH]1. The van der Waals surface area contributed by atoms with E-state index in [0.717, 1.165) is 36.0 Å². The van der Waals surface area contributed by atoms with E-state index in [4.69, 9.17) is 0 Å². The van der Waals surface area contributed by atoms with Crippen molar-refractivity contribution in [1.82, 2.24) is 14.9 Å². The molecule has 1 N–H and O–H groups in total. The number of imidazole rings is 1. The van der Waals surface area contributed by atoms with E-state index in [1.165, 1.54) is 12.1 Å². The minimum Gasteiger partial charge on any atom is -0.340 e. The molecule has 2 aromatic carbocycles. The van der Waals surface area contributed by atoms with Gasteiger partial charge in [0.15, 0.2) is 0 Å². The number of rotatable bonds is 2. The van der Waals surface area contributed by atoms with Gasteiger partial charge in [0, 0.05) is 12.1 Å². The quantitative estimate of drug-likeness (QED) is 0.729. The zero-order valence-electron chi connectivity index (χ0n) is 13.8. The predicted octanol–water partition coefficient (Wildman–Crippen LogP) is 4.56. The molecule has 134 valence electrons. The first-order valence-electron chi connectivity index (χ1n) is 8.36. The van der Waals surface area contributed by atoms with Gasteiger partial charge in [0.05, 0.1) is 22.6 Å². The van der Waals surface area contributed by atoms with Gasteiger partial charge in [-0.15, -0.1) is 0 Å². The Morgan fingerprint density at radius 2 is 1.85 bits per heavy atom. The second-order valence-electron chi connectivity index (χ2n) is 6.37. The molecule has 3 aromatic rings. The molecule has 0 spiro atoms. The Labute approximate surface area is 147 Å². The van der Waals surface area contributed by atoms with Gasteiger partial charge in [-0.05, 0) is 49.2 Å². The molecule has 1 atom stereocenters. The summed E-state index contributed by atoms with van der Waals surface area (Å²) in [5, 5.41) is 0. The third kappa shape index (κ3) is 2.94. The van der Waals surface area contributed by atoms with E-state index in [1.807, 2.05) is 24.3 Å². The number of hydrogen-bond donors (Lipinski definition) is 1. The fourth-order valence-electron chi connectivity index (χ4n) is 3.39. The number of para-hydroxylation sites is 2. The Bertz CT molecular complexity index is 914. The van der Waals surface area contributed by atoms with Gasteiger partial charge < -0.3 is 9.88 Å². The van der Waals surface area contributed by atoms with Crippen LogP contribution in [-0.4, -0.2) is 27.3 Å². The molecular weight excluding hydrogens is 343 g/mol. The van der Waals surface area contributed by atoms with Crippen LogP contribution in [0.15, 0.2) is 48.5 Å². The number of hydrogen-bond acceptors (Lipinski definition) is 2. The van der Waals surface area contributed by atoms with Crippen LogP contribution in [0.3, 0.4) is 0 Å². The molecule has 1 saturated heterocycles. The summed E-state index contributed by atoms with van der Waals surface area (Å²) in [7, 11) is 0. The van der Waals surface area contributed by atoms with Crippen molar-refractivity contribution >= 4 is 16.9 Å². The number of nitrogens with zero attached hydrogens (tertiary/aromatic N) is 2.